The quantitative estimate of drug-likeness (QED) is 0.0324. The van der Waals surface area contributed by atoms with E-state index in [0.29, 0.717) is 77.8 Å². The number of hydrogen-bond acceptors (Lipinski definition) is 8. The normalized spacial score (nSPS) is 17.3. The van der Waals surface area contributed by atoms with E-state index in [1.54, 1.807) is 64.4 Å². The largest absolute Gasteiger partial charge is 0.480 e. The van der Waals surface area contributed by atoms with E-state index < -0.39 is 9.41 Å². The summed E-state index contributed by atoms with van der Waals surface area (Å²) in [5.74, 6) is 0.943. The number of nitrogen functional groups attached to an aromatic ring is 2. The van der Waals surface area contributed by atoms with Gasteiger partial charge in [0, 0.05) is 153 Å². The van der Waals surface area contributed by atoms with Crippen LogP contribution in [0.3, 0.4) is 0 Å². The number of carbonyl (C=O) groups excluding carboxylic acids is 5. The molecule has 0 radical (unpaired) electrons. The molecule has 1 saturated heterocycles. The second-order valence-electron chi connectivity index (χ2n) is 19.7. The van der Waals surface area contributed by atoms with Gasteiger partial charge in [0.25, 0.3) is 11.8 Å². The summed E-state index contributed by atoms with van der Waals surface area (Å²) in [6.45, 7) is 1.06. The van der Waals surface area contributed by atoms with Crippen molar-refractivity contribution in [3.8, 4) is 5.75 Å². The summed E-state index contributed by atoms with van der Waals surface area (Å²) in [5, 5.41) is 3.62. The van der Waals surface area contributed by atoms with E-state index in [1.165, 1.54) is 0 Å². The second kappa shape index (κ2) is 26.3. The Morgan fingerprint density at radius 1 is 0.713 bits per heavy atom. The van der Waals surface area contributed by atoms with Crippen molar-refractivity contribution >= 4 is 198 Å². The number of ketones is 3. The first kappa shape index (κ1) is 59.2. The number of hydrogen-bond donors (Lipinski definition) is 4. The number of carbonyl (C=O) groups is 5. The van der Waals surface area contributed by atoms with Crippen molar-refractivity contribution in [2.75, 3.05) is 35.3 Å². The van der Waals surface area contributed by atoms with Gasteiger partial charge >= 0.3 is 50.5 Å². The van der Waals surface area contributed by atoms with Crippen LogP contribution in [-0.2, 0) is 18.3 Å². The number of halogens is 7. The molecule has 6 N–H and O–H groups in total. The number of nitrogens with zero attached hydrogens (tertiary/aromatic N) is 2. The van der Waals surface area contributed by atoms with Gasteiger partial charge < -0.3 is 35.8 Å². The van der Waals surface area contributed by atoms with E-state index in [9.17, 15) is 24.0 Å². The fourth-order valence-electron chi connectivity index (χ4n) is 11.4. The molecule has 7 aromatic carbocycles. The third-order valence-corrected chi connectivity index (χ3v) is 15.7. The van der Waals surface area contributed by atoms with Gasteiger partial charge in [-0.2, -0.15) is 0 Å². The molecule has 4 atom stereocenters. The number of rotatable bonds is 11. The maximum Gasteiger partial charge on any atom is 0.274 e. The van der Waals surface area contributed by atoms with Crippen LogP contribution in [0.5, 0.6) is 5.75 Å². The number of amides is 2. The average molecular weight is 1780 g/mol. The van der Waals surface area contributed by atoms with Crippen LogP contribution >= 0.6 is 119 Å². The van der Waals surface area contributed by atoms with Crippen molar-refractivity contribution in [2.24, 2.45) is 5.92 Å². The number of H-pyrrole nitrogens is 2. The summed E-state index contributed by atoms with van der Waals surface area (Å²) >= 11 is 15.9. The summed E-state index contributed by atoms with van der Waals surface area (Å²) in [6, 6.07) is 46.5. The number of nitrogens with one attached hydrogen (secondary N) is 2. The molecule has 4 heterocycles. The number of likely N-dealkylation sites (tertiary alicyclic amines) is 1. The number of alkyl halides is 1. The predicted molar refractivity (Wildman–Crippen MR) is 365 cm³/mol. The minimum absolute atomic E-state index is 0. The fraction of sp³-hybridized carbons (Fsp3) is 0.150. The monoisotopic (exact) mass is 1780 g/mol. The van der Waals surface area contributed by atoms with Gasteiger partial charge in [-0.1, -0.05) is 60.7 Å². The molecule has 80 heavy (non-hydrogen) atoms. The molecule has 0 bridgehead atoms. The zero-order valence-corrected chi connectivity index (χ0v) is 57.0. The SMILES string of the molecule is I.II.I[I-]I.Nc1ccc(C(=O)Cc2ccc3[nH]c(C(=O)N4C[C@H]5C[C@@]56C4=CC(=O)c4ccccc46)cc3c2)cc1.[2H]POc1cc2c(c3ccccc13)[C@H](CCl)CN2C(=O)c1cc2cc(CC(=O)c3ccc(N)cc3)ccc2[nH]1. The number of anilines is 3. The molecule has 2 aliphatic carbocycles. The minimum atomic E-state index is -0.468. The maximum atomic E-state index is 13.8. The van der Waals surface area contributed by atoms with Crippen LogP contribution in [-0.4, -0.2) is 64.3 Å². The summed E-state index contributed by atoms with van der Waals surface area (Å²) in [4.78, 5) is 75.7. The first-order valence-corrected chi connectivity index (χ1v) is 44.6. The predicted octanol–water partition coefficient (Wildman–Crippen LogP) is 12.3. The van der Waals surface area contributed by atoms with Crippen molar-refractivity contribution in [1.82, 2.24) is 14.9 Å². The molecule has 13 rings (SSSR count). The van der Waals surface area contributed by atoms with Crippen LogP contribution in [0.25, 0.3) is 32.6 Å². The van der Waals surface area contributed by atoms with Gasteiger partial charge in [-0.15, -0.1) is 35.6 Å². The summed E-state index contributed by atoms with van der Waals surface area (Å²) in [5.41, 5.74) is 22.4. The van der Waals surface area contributed by atoms with Gasteiger partial charge in [0.15, 0.2) is 17.3 Å². The number of fused-ring (bicyclic) bond motifs is 6. The molecule has 9 aromatic rings. The molecule has 12 nitrogen and oxygen atoms in total. The van der Waals surface area contributed by atoms with Crippen LogP contribution in [0.15, 0.2) is 163 Å². The Labute approximate surface area is 540 Å². The number of allylic oxidation sites excluding steroid dienone is 2. The second-order valence-corrected chi connectivity index (χ2v) is 36.4. The molecule has 1 unspecified atom stereocenters. The van der Waals surface area contributed by atoms with E-state index in [4.69, 9.17) is 28.9 Å². The molecule has 2 aliphatic heterocycles. The zero-order chi connectivity index (χ0) is 56.4. The third kappa shape index (κ3) is 12.1. The van der Waals surface area contributed by atoms with Crippen LogP contribution < -0.4 is 34.1 Å². The van der Waals surface area contributed by atoms with Gasteiger partial charge in [-0.25, -0.2) is 0 Å². The van der Waals surface area contributed by atoms with E-state index in [2.05, 4.69) is 84.4 Å². The van der Waals surface area contributed by atoms with E-state index in [1.807, 2.05) is 103 Å². The Kier molecular flexibility index (Phi) is 19.5. The molecular weight excluding hydrogens is 1730 g/mol. The van der Waals surface area contributed by atoms with Crippen molar-refractivity contribution in [2.45, 2.75) is 30.6 Å². The van der Waals surface area contributed by atoms with Crippen molar-refractivity contribution in [3.05, 3.63) is 214 Å². The van der Waals surface area contributed by atoms with E-state index in [-0.39, 0.29) is 77.3 Å². The van der Waals surface area contributed by atoms with Crippen LogP contribution in [0, 0.1) is 5.92 Å². The summed E-state index contributed by atoms with van der Waals surface area (Å²) in [6.07, 6.45) is 3.15. The van der Waals surface area contributed by atoms with E-state index >= 15 is 0 Å². The van der Waals surface area contributed by atoms with Crippen molar-refractivity contribution in [1.29, 1.82) is 1.28 Å². The molecule has 2 amide bonds. The van der Waals surface area contributed by atoms with Crippen molar-refractivity contribution < 1.29 is 41.8 Å². The molecular formula is C60H49ClI6N6O6P-. The van der Waals surface area contributed by atoms with Gasteiger partial charge in [-0.05, 0) is 125 Å². The Morgan fingerprint density at radius 2 is 1.24 bits per heavy atom. The Morgan fingerprint density at radius 3 is 1.79 bits per heavy atom. The number of Topliss-reactive ketones (excluding diaryl/α,β-unsaturated/α-hetero) is 2. The standard InChI is InChI=1S/C30H25ClN3O3P.C30H23N3O3.I3.I2.HI/c31-15-20-16-34(26-14-28(37-38)22-3-1-2-4-23(22)29(20)26)30(36)25-13-19-11-17(5-10-24(19)33-25)12-27(35)18-6-8-21(32)9-7-18;31-21-8-6-18(7-9-21)26(34)12-17-5-10-24-19(11-17)13-25(32-24)29(36)33-16-20-15-30(20)23-4-2-1-3-22(23)27(35)14-28(30)33;1-3-2;1-2;/h1-11,13-14,20,33H,12,15-16,32,38H2;1-11,13-14,20,32H,12,15-16,31H2;;;1H/q;;-1;;/t20-;20-,30-;;;/m11.../s1/i38D;;;;/t20-,38?;m;;;. The van der Waals surface area contributed by atoms with Gasteiger partial charge in [-0.3, -0.25) is 24.0 Å². The minimum Gasteiger partial charge on any atom is -0.480 e. The number of benzene rings is 7. The Hall–Kier alpha value is -3.93. The molecule has 2 aromatic heterocycles. The Balaban J connectivity index is 0.000000180. The first-order valence-electron chi connectivity index (χ1n) is 25.3. The first-order chi connectivity index (χ1) is 38.8. The van der Waals surface area contributed by atoms with Gasteiger partial charge in [0.2, 0.25) is 0 Å². The number of aromatic nitrogens is 2. The molecule has 20 heteroatoms. The third-order valence-electron chi connectivity index (χ3n) is 15.1. The maximum absolute atomic E-state index is 13.8. The van der Waals surface area contributed by atoms with Crippen LogP contribution in [0.2, 0.25) is 0 Å². The number of aromatic amines is 2. The Bertz CT molecular complexity index is 3940. The smallest absolute Gasteiger partial charge is 0.274 e. The molecule has 1 saturated carbocycles. The molecule has 2 fully saturated rings. The van der Waals surface area contributed by atoms with Crippen LogP contribution in [0.1, 0.15) is 86.6 Å². The van der Waals surface area contributed by atoms with E-state index in [0.717, 1.165) is 78.2 Å². The molecule has 4 aliphatic rings. The number of piperidine rings is 1. The summed E-state index contributed by atoms with van der Waals surface area (Å²) < 4.78 is 13.3. The topological polar surface area (TPSA) is 185 Å². The van der Waals surface area contributed by atoms with Gasteiger partial charge in [0.1, 0.15) is 17.1 Å². The van der Waals surface area contributed by atoms with Crippen molar-refractivity contribution in [3.63, 3.8) is 0 Å². The van der Waals surface area contributed by atoms with Gasteiger partial charge in [0.05, 0.1) is 16.4 Å². The molecule has 1 spiro atoms. The fourth-order valence-corrected chi connectivity index (χ4v) is 11.8. The number of nitrogens with two attached hydrogens (primary N) is 2. The molecule has 410 valence electrons. The summed E-state index contributed by atoms with van der Waals surface area (Å²) in [7, 11) is -0.468. The van der Waals surface area contributed by atoms with Crippen LogP contribution in [0.4, 0.5) is 17.1 Å². The zero-order valence-electron chi connectivity index (χ0n) is 43.1. The average Bonchev–Trinajstić information content (AvgIpc) is 2.96.